The highest BCUT2D eigenvalue weighted by molar-refractivity contribution is 5.76. The highest BCUT2D eigenvalue weighted by atomic mass is 16.5. The third-order valence-corrected chi connectivity index (χ3v) is 2.92. The predicted molar refractivity (Wildman–Crippen MR) is 61.7 cm³/mol. The normalized spacial score (nSPS) is 17.0. The Morgan fingerprint density at radius 2 is 2.18 bits per heavy atom. The second-order valence-corrected chi connectivity index (χ2v) is 4.27. The summed E-state index contributed by atoms with van der Waals surface area (Å²) in [6.07, 6.45) is 4.95. The number of ether oxygens (including phenoxy) is 1. The van der Waals surface area contributed by atoms with E-state index in [2.05, 4.69) is 5.32 Å². The van der Waals surface area contributed by atoms with Crippen LogP contribution < -0.4 is 11.0 Å². The van der Waals surface area contributed by atoms with Crippen molar-refractivity contribution in [3.8, 4) is 0 Å². The molecule has 1 aliphatic rings. The third-order valence-electron chi connectivity index (χ3n) is 2.92. The molecule has 2 heterocycles. The summed E-state index contributed by atoms with van der Waals surface area (Å²) in [7, 11) is 1.66. The summed E-state index contributed by atoms with van der Waals surface area (Å²) in [6.45, 7) is 1.46. The van der Waals surface area contributed by atoms with Gasteiger partial charge in [-0.3, -0.25) is 9.36 Å². The summed E-state index contributed by atoms with van der Waals surface area (Å²) in [5.41, 5.74) is -0.174. The van der Waals surface area contributed by atoms with Gasteiger partial charge in [0, 0.05) is 38.7 Å². The Balaban J connectivity index is 1.88. The van der Waals surface area contributed by atoms with Crippen molar-refractivity contribution in [1.29, 1.82) is 0 Å². The first-order valence-electron chi connectivity index (χ1n) is 5.75. The van der Waals surface area contributed by atoms with Crippen LogP contribution >= 0.6 is 0 Å². The first-order valence-corrected chi connectivity index (χ1v) is 5.75. The Morgan fingerprint density at radius 1 is 1.47 bits per heavy atom. The molecule has 0 radical (unpaired) electrons. The van der Waals surface area contributed by atoms with Crippen LogP contribution in [0.1, 0.15) is 12.8 Å². The second-order valence-electron chi connectivity index (χ2n) is 4.27. The minimum atomic E-state index is -0.174. The summed E-state index contributed by atoms with van der Waals surface area (Å²) in [5.74, 6) is -0.120. The van der Waals surface area contributed by atoms with Crippen molar-refractivity contribution in [2.45, 2.75) is 25.4 Å². The van der Waals surface area contributed by atoms with Crippen LogP contribution in [0.2, 0.25) is 0 Å². The van der Waals surface area contributed by atoms with Gasteiger partial charge in [0.05, 0.1) is 0 Å². The van der Waals surface area contributed by atoms with E-state index in [9.17, 15) is 9.59 Å². The van der Waals surface area contributed by atoms with Crippen molar-refractivity contribution >= 4 is 5.91 Å². The van der Waals surface area contributed by atoms with Gasteiger partial charge < -0.3 is 14.6 Å². The SMILES string of the molecule is Cn1ccn(CC(=O)NC2CCOCC2)c1=O. The van der Waals surface area contributed by atoms with E-state index in [-0.39, 0.29) is 24.2 Å². The van der Waals surface area contributed by atoms with Gasteiger partial charge in [0.25, 0.3) is 0 Å². The molecule has 0 atom stereocenters. The topological polar surface area (TPSA) is 65.3 Å². The maximum atomic E-state index is 11.7. The van der Waals surface area contributed by atoms with E-state index in [1.165, 1.54) is 9.13 Å². The number of hydrogen-bond acceptors (Lipinski definition) is 3. The van der Waals surface area contributed by atoms with Crippen LogP contribution in [0.4, 0.5) is 0 Å². The maximum Gasteiger partial charge on any atom is 0.328 e. The number of aromatic nitrogens is 2. The summed E-state index contributed by atoms with van der Waals surface area (Å²) in [4.78, 5) is 23.2. The molecule has 17 heavy (non-hydrogen) atoms. The number of imidazole rings is 1. The molecule has 94 valence electrons. The highest BCUT2D eigenvalue weighted by Gasteiger charge is 2.16. The lowest BCUT2D eigenvalue weighted by Crippen LogP contribution is -2.41. The van der Waals surface area contributed by atoms with E-state index in [1.54, 1.807) is 19.4 Å². The molecule has 1 saturated heterocycles. The van der Waals surface area contributed by atoms with Gasteiger partial charge in [0.2, 0.25) is 5.91 Å². The van der Waals surface area contributed by atoms with Crippen molar-refractivity contribution in [3.63, 3.8) is 0 Å². The zero-order chi connectivity index (χ0) is 12.3. The Hall–Kier alpha value is -1.56. The number of hydrogen-bond donors (Lipinski definition) is 1. The lowest BCUT2D eigenvalue weighted by atomic mass is 10.1. The average Bonchev–Trinajstić information content (AvgIpc) is 2.62. The first-order chi connectivity index (χ1) is 8.16. The Bertz CT molecular complexity index is 443. The maximum absolute atomic E-state index is 11.7. The van der Waals surface area contributed by atoms with Crippen LogP contribution in [0.3, 0.4) is 0 Å². The van der Waals surface area contributed by atoms with E-state index in [4.69, 9.17) is 4.74 Å². The van der Waals surface area contributed by atoms with Crippen molar-refractivity contribution in [2.75, 3.05) is 13.2 Å². The number of nitrogens with one attached hydrogen (secondary N) is 1. The van der Waals surface area contributed by atoms with Crippen LogP contribution in [0, 0.1) is 0 Å². The fourth-order valence-electron chi connectivity index (χ4n) is 1.90. The molecule has 0 spiro atoms. The average molecular weight is 239 g/mol. The molecule has 0 unspecified atom stereocenters. The standard InChI is InChI=1S/C11H17N3O3/c1-13-4-5-14(11(13)16)8-10(15)12-9-2-6-17-7-3-9/h4-5,9H,2-3,6-8H2,1H3,(H,12,15). The van der Waals surface area contributed by atoms with Crippen molar-refractivity contribution in [3.05, 3.63) is 22.9 Å². The van der Waals surface area contributed by atoms with Gasteiger partial charge in [0.15, 0.2) is 0 Å². The van der Waals surface area contributed by atoms with Crippen LogP contribution in [0.5, 0.6) is 0 Å². The van der Waals surface area contributed by atoms with Crippen LogP contribution in [0.25, 0.3) is 0 Å². The van der Waals surface area contributed by atoms with Crippen molar-refractivity contribution in [1.82, 2.24) is 14.5 Å². The van der Waals surface area contributed by atoms with Gasteiger partial charge >= 0.3 is 5.69 Å². The first kappa shape index (κ1) is 11.9. The number of aryl methyl sites for hydroxylation is 1. The number of carbonyl (C=O) groups is 1. The molecule has 1 N–H and O–H groups in total. The smallest absolute Gasteiger partial charge is 0.328 e. The molecule has 0 aliphatic carbocycles. The predicted octanol–water partition coefficient (Wildman–Crippen LogP) is -0.518. The minimum Gasteiger partial charge on any atom is -0.381 e. The summed E-state index contributed by atoms with van der Waals surface area (Å²) in [5, 5.41) is 2.92. The van der Waals surface area contributed by atoms with Gasteiger partial charge in [-0.05, 0) is 12.8 Å². The molecule has 6 heteroatoms. The van der Waals surface area contributed by atoms with Crippen LogP contribution in [-0.4, -0.2) is 34.3 Å². The molecule has 1 amide bonds. The van der Waals surface area contributed by atoms with E-state index >= 15 is 0 Å². The van der Waals surface area contributed by atoms with Gasteiger partial charge in [-0.15, -0.1) is 0 Å². The molecule has 6 nitrogen and oxygen atoms in total. The van der Waals surface area contributed by atoms with Gasteiger partial charge in [-0.1, -0.05) is 0 Å². The molecular formula is C11H17N3O3. The quantitative estimate of drug-likeness (QED) is 0.772. The number of rotatable bonds is 3. The van der Waals surface area contributed by atoms with E-state index < -0.39 is 0 Å². The van der Waals surface area contributed by atoms with Gasteiger partial charge in [0.1, 0.15) is 6.54 Å². The second kappa shape index (κ2) is 5.18. The number of carbonyl (C=O) groups excluding carboxylic acids is 1. The summed E-state index contributed by atoms with van der Waals surface area (Å²) in [6, 6.07) is 0.177. The number of amides is 1. The molecule has 2 rings (SSSR count). The summed E-state index contributed by atoms with van der Waals surface area (Å²) >= 11 is 0. The molecule has 0 saturated carbocycles. The molecule has 0 aromatic carbocycles. The molecule has 1 fully saturated rings. The minimum absolute atomic E-state index is 0.0804. The van der Waals surface area contributed by atoms with Gasteiger partial charge in [-0.2, -0.15) is 0 Å². The number of nitrogens with zero attached hydrogens (tertiary/aromatic N) is 2. The molecule has 0 bridgehead atoms. The lowest BCUT2D eigenvalue weighted by molar-refractivity contribution is -0.123. The van der Waals surface area contributed by atoms with Gasteiger partial charge in [-0.25, -0.2) is 4.79 Å². The van der Waals surface area contributed by atoms with Crippen molar-refractivity contribution < 1.29 is 9.53 Å². The third kappa shape index (κ3) is 2.97. The van der Waals surface area contributed by atoms with E-state index in [0.717, 1.165) is 12.8 Å². The molecule has 1 aromatic heterocycles. The Labute approximate surface area is 99.2 Å². The van der Waals surface area contributed by atoms with Crippen molar-refractivity contribution in [2.24, 2.45) is 7.05 Å². The Morgan fingerprint density at radius 3 is 2.76 bits per heavy atom. The van der Waals surface area contributed by atoms with Crippen LogP contribution in [0.15, 0.2) is 17.2 Å². The fraction of sp³-hybridized carbons (Fsp3) is 0.636. The van der Waals surface area contributed by atoms with Crippen LogP contribution in [-0.2, 0) is 23.1 Å². The Kier molecular flexibility index (Phi) is 3.63. The molecule has 1 aliphatic heterocycles. The summed E-state index contributed by atoms with van der Waals surface area (Å²) < 4.78 is 8.06. The lowest BCUT2D eigenvalue weighted by Gasteiger charge is -2.23. The zero-order valence-corrected chi connectivity index (χ0v) is 9.89. The molecule has 1 aromatic rings. The zero-order valence-electron chi connectivity index (χ0n) is 9.89. The largest absolute Gasteiger partial charge is 0.381 e. The monoisotopic (exact) mass is 239 g/mol. The van der Waals surface area contributed by atoms with E-state index in [0.29, 0.717) is 13.2 Å². The highest BCUT2D eigenvalue weighted by Crippen LogP contribution is 2.05. The fourth-order valence-corrected chi connectivity index (χ4v) is 1.90. The van der Waals surface area contributed by atoms with E-state index in [1.807, 2.05) is 0 Å². The molecular weight excluding hydrogens is 222 g/mol.